The Kier molecular flexibility index (Phi) is 3.09. The van der Waals surface area contributed by atoms with Gasteiger partial charge in [0.1, 0.15) is 6.04 Å². The molecule has 6 nitrogen and oxygen atoms in total. The van der Waals surface area contributed by atoms with Crippen molar-refractivity contribution in [1.29, 1.82) is 0 Å². The second-order valence-electron chi connectivity index (χ2n) is 5.50. The molecule has 0 aliphatic carbocycles. The number of hydrogen-bond donors (Lipinski definition) is 2. The molecule has 3 heterocycles. The van der Waals surface area contributed by atoms with Gasteiger partial charge < -0.3 is 20.3 Å². The standard InChI is InChI=1S/C12H20N4O2/c1-16-8-2-3-9(16)5-7(4-8)11-14-12(18-15-11)10(13)6-17/h7-10,17H,2-6,13H2,1H3/t7?,8?,9?,10-/m0/s1. The van der Waals surface area contributed by atoms with Crippen molar-refractivity contribution in [2.24, 2.45) is 5.73 Å². The van der Waals surface area contributed by atoms with Crippen LogP contribution in [0.1, 0.15) is 49.4 Å². The quantitative estimate of drug-likeness (QED) is 0.809. The lowest BCUT2D eigenvalue weighted by Gasteiger charge is -2.34. The van der Waals surface area contributed by atoms with Crippen molar-refractivity contribution in [2.75, 3.05) is 13.7 Å². The van der Waals surface area contributed by atoms with Crippen LogP contribution in [0.3, 0.4) is 0 Å². The van der Waals surface area contributed by atoms with Gasteiger partial charge in [-0.05, 0) is 32.7 Å². The van der Waals surface area contributed by atoms with Gasteiger partial charge in [0.25, 0.3) is 0 Å². The summed E-state index contributed by atoms with van der Waals surface area (Å²) < 4.78 is 5.13. The number of nitrogens with two attached hydrogens (primary N) is 1. The normalized spacial score (nSPS) is 33.8. The van der Waals surface area contributed by atoms with E-state index in [1.54, 1.807) is 0 Å². The number of aromatic nitrogens is 2. The molecule has 100 valence electrons. The zero-order valence-electron chi connectivity index (χ0n) is 10.6. The van der Waals surface area contributed by atoms with E-state index in [1.807, 2.05) is 0 Å². The van der Waals surface area contributed by atoms with Crippen molar-refractivity contribution >= 4 is 0 Å². The second-order valence-corrected chi connectivity index (χ2v) is 5.50. The van der Waals surface area contributed by atoms with E-state index in [-0.39, 0.29) is 6.61 Å². The Hall–Kier alpha value is -0.980. The topological polar surface area (TPSA) is 88.4 Å². The van der Waals surface area contributed by atoms with Gasteiger partial charge in [-0.2, -0.15) is 4.98 Å². The first-order valence-electron chi connectivity index (χ1n) is 6.61. The maximum atomic E-state index is 8.98. The molecule has 2 saturated heterocycles. The highest BCUT2D eigenvalue weighted by atomic mass is 16.5. The SMILES string of the molecule is CN1C2CCC1CC(c1noc([C@@H](N)CO)n1)C2. The number of piperidine rings is 1. The number of fused-ring (bicyclic) bond motifs is 2. The van der Waals surface area contributed by atoms with E-state index in [9.17, 15) is 0 Å². The zero-order chi connectivity index (χ0) is 12.7. The van der Waals surface area contributed by atoms with Crippen LogP contribution in [0.4, 0.5) is 0 Å². The summed E-state index contributed by atoms with van der Waals surface area (Å²) in [6.45, 7) is -0.166. The minimum absolute atomic E-state index is 0.166. The summed E-state index contributed by atoms with van der Waals surface area (Å²) in [6.07, 6.45) is 4.75. The summed E-state index contributed by atoms with van der Waals surface area (Å²) in [4.78, 5) is 6.83. The average Bonchev–Trinajstić information content (AvgIpc) is 2.92. The predicted molar refractivity (Wildman–Crippen MR) is 64.9 cm³/mol. The Balaban J connectivity index is 1.74. The fourth-order valence-corrected chi connectivity index (χ4v) is 3.26. The zero-order valence-corrected chi connectivity index (χ0v) is 10.6. The van der Waals surface area contributed by atoms with Crippen LogP contribution in [0, 0.1) is 0 Å². The molecule has 2 bridgehead atoms. The summed E-state index contributed by atoms with van der Waals surface area (Å²) in [7, 11) is 2.21. The van der Waals surface area contributed by atoms with Crippen molar-refractivity contribution in [1.82, 2.24) is 15.0 Å². The number of rotatable bonds is 3. The van der Waals surface area contributed by atoms with Crippen LogP contribution >= 0.6 is 0 Å². The molecule has 2 aliphatic rings. The molecule has 0 radical (unpaired) electrons. The first-order valence-corrected chi connectivity index (χ1v) is 6.61. The van der Waals surface area contributed by atoms with Gasteiger partial charge in [0, 0.05) is 18.0 Å². The van der Waals surface area contributed by atoms with Gasteiger partial charge in [-0.1, -0.05) is 5.16 Å². The van der Waals surface area contributed by atoms with Crippen LogP contribution < -0.4 is 5.73 Å². The molecule has 0 saturated carbocycles. The number of aliphatic hydroxyl groups is 1. The largest absolute Gasteiger partial charge is 0.394 e. The van der Waals surface area contributed by atoms with Gasteiger partial charge in [0.2, 0.25) is 5.89 Å². The van der Waals surface area contributed by atoms with Crippen LogP contribution in [0.2, 0.25) is 0 Å². The van der Waals surface area contributed by atoms with Crippen molar-refractivity contribution in [3.63, 3.8) is 0 Å². The molecular formula is C12H20N4O2. The molecule has 3 rings (SSSR count). The van der Waals surface area contributed by atoms with Crippen molar-refractivity contribution in [3.8, 4) is 0 Å². The van der Waals surface area contributed by atoms with Crippen molar-refractivity contribution in [3.05, 3.63) is 11.7 Å². The molecule has 6 heteroatoms. The smallest absolute Gasteiger partial charge is 0.245 e. The predicted octanol–water partition coefficient (Wildman–Crippen LogP) is 0.402. The van der Waals surface area contributed by atoms with E-state index in [0.29, 0.717) is 23.9 Å². The molecule has 0 aromatic carbocycles. The molecular weight excluding hydrogens is 232 g/mol. The molecule has 2 aliphatic heterocycles. The molecule has 3 N–H and O–H groups in total. The highest BCUT2D eigenvalue weighted by Gasteiger charge is 2.40. The van der Waals surface area contributed by atoms with Crippen LogP contribution in [-0.2, 0) is 0 Å². The third kappa shape index (κ3) is 1.94. The molecule has 18 heavy (non-hydrogen) atoms. The van der Waals surface area contributed by atoms with Gasteiger partial charge in [-0.3, -0.25) is 0 Å². The maximum absolute atomic E-state index is 8.98. The fourth-order valence-electron chi connectivity index (χ4n) is 3.26. The van der Waals surface area contributed by atoms with Crippen LogP contribution in [0.25, 0.3) is 0 Å². The third-order valence-corrected chi connectivity index (χ3v) is 4.43. The van der Waals surface area contributed by atoms with E-state index >= 15 is 0 Å². The molecule has 0 spiro atoms. The van der Waals surface area contributed by atoms with Crippen LogP contribution in [0.15, 0.2) is 4.52 Å². The van der Waals surface area contributed by atoms with Gasteiger partial charge in [0.15, 0.2) is 5.82 Å². The number of aliphatic hydroxyl groups excluding tert-OH is 1. The van der Waals surface area contributed by atoms with E-state index in [4.69, 9.17) is 15.4 Å². The molecule has 2 unspecified atom stereocenters. The Morgan fingerprint density at radius 2 is 2.11 bits per heavy atom. The van der Waals surface area contributed by atoms with E-state index < -0.39 is 6.04 Å². The van der Waals surface area contributed by atoms with Crippen LogP contribution in [0.5, 0.6) is 0 Å². The Morgan fingerprint density at radius 3 is 2.72 bits per heavy atom. The molecule has 2 fully saturated rings. The Morgan fingerprint density at radius 1 is 1.44 bits per heavy atom. The maximum Gasteiger partial charge on any atom is 0.245 e. The van der Waals surface area contributed by atoms with Crippen molar-refractivity contribution < 1.29 is 9.63 Å². The molecule has 1 aromatic rings. The minimum atomic E-state index is -0.561. The highest BCUT2D eigenvalue weighted by Crippen LogP contribution is 2.41. The van der Waals surface area contributed by atoms with Crippen LogP contribution in [-0.4, -0.2) is 45.9 Å². The van der Waals surface area contributed by atoms with Gasteiger partial charge in [-0.25, -0.2) is 0 Å². The first-order chi connectivity index (χ1) is 8.69. The van der Waals surface area contributed by atoms with Gasteiger partial charge >= 0.3 is 0 Å². The fraction of sp³-hybridized carbons (Fsp3) is 0.833. The van der Waals surface area contributed by atoms with Gasteiger partial charge in [-0.15, -0.1) is 0 Å². The second kappa shape index (κ2) is 4.60. The minimum Gasteiger partial charge on any atom is -0.394 e. The van der Waals surface area contributed by atoms with E-state index in [0.717, 1.165) is 18.7 Å². The molecule has 1 aromatic heterocycles. The number of nitrogens with zero attached hydrogens (tertiary/aromatic N) is 3. The van der Waals surface area contributed by atoms with Gasteiger partial charge in [0.05, 0.1) is 6.61 Å². The van der Waals surface area contributed by atoms with E-state index in [2.05, 4.69) is 22.1 Å². The Labute approximate surface area is 106 Å². The highest BCUT2D eigenvalue weighted by molar-refractivity contribution is 5.06. The monoisotopic (exact) mass is 252 g/mol. The molecule has 3 atom stereocenters. The summed E-state index contributed by atoms with van der Waals surface area (Å²) in [6, 6.07) is 0.749. The third-order valence-electron chi connectivity index (χ3n) is 4.43. The van der Waals surface area contributed by atoms with Crippen molar-refractivity contribution in [2.45, 2.75) is 49.7 Å². The summed E-state index contributed by atoms with van der Waals surface area (Å²) in [5, 5.41) is 13.0. The summed E-state index contributed by atoms with van der Waals surface area (Å²) >= 11 is 0. The lowest BCUT2D eigenvalue weighted by Crippen LogP contribution is -2.39. The average molecular weight is 252 g/mol. The van der Waals surface area contributed by atoms with E-state index in [1.165, 1.54) is 12.8 Å². The number of hydrogen-bond acceptors (Lipinski definition) is 6. The lowest BCUT2D eigenvalue weighted by molar-refractivity contribution is 0.157. The summed E-state index contributed by atoms with van der Waals surface area (Å²) in [5.41, 5.74) is 5.67. The molecule has 0 amide bonds. The lowest BCUT2D eigenvalue weighted by atomic mass is 9.90. The first kappa shape index (κ1) is 12.1. The Bertz CT molecular complexity index is 408. The summed E-state index contributed by atoms with van der Waals surface area (Å²) in [5.74, 6) is 1.49.